The summed E-state index contributed by atoms with van der Waals surface area (Å²) in [6.07, 6.45) is 2.94. The third-order valence-electron chi connectivity index (χ3n) is 4.53. The van der Waals surface area contributed by atoms with Gasteiger partial charge in [-0.15, -0.1) is 0 Å². The molecular formula is C14H21NO2. The zero-order valence-corrected chi connectivity index (χ0v) is 11.1. The van der Waals surface area contributed by atoms with Crippen molar-refractivity contribution in [2.24, 2.45) is 10.8 Å². The lowest BCUT2D eigenvalue weighted by molar-refractivity contribution is -0.190. The second-order valence-corrected chi connectivity index (χ2v) is 6.45. The Bertz CT molecular complexity index is 382. The van der Waals surface area contributed by atoms with Crippen LogP contribution in [-0.4, -0.2) is 24.0 Å². The van der Waals surface area contributed by atoms with Crippen molar-refractivity contribution in [3.8, 4) is 0 Å². The highest BCUT2D eigenvalue weighted by molar-refractivity contribution is 5.92. The molecule has 0 amide bonds. The zero-order chi connectivity index (χ0) is 12.8. The maximum absolute atomic E-state index is 12.3. The molecule has 0 aromatic heterocycles. The van der Waals surface area contributed by atoms with Crippen LogP contribution in [-0.2, 0) is 9.53 Å². The SMILES string of the molecule is [C-]#[N+]C1C[C@]2(C)CC[C@@H](C)O[C@H]2C(C)(C)C1=O. The summed E-state index contributed by atoms with van der Waals surface area (Å²) in [4.78, 5) is 15.8. The molecule has 0 bridgehead atoms. The van der Waals surface area contributed by atoms with Gasteiger partial charge in [0.05, 0.1) is 17.6 Å². The fourth-order valence-electron chi connectivity index (χ4n) is 3.58. The van der Waals surface area contributed by atoms with Crippen molar-refractivity contribution in [2.45, 2.75) is 65.2 Å². The molecule has 17 heavy (non-hydrogen) atoms. The Labute approximate surface area is 103 Å². The molecule has 1 aliphatic carbocycles. The van der Waals surface area contributed by atoms with Crippen LogP contribution in [0.5, 0.6) is 0 Å². The van der Waals surface area contributed by atoms with Crippen molar-refractivity contribution in [2.75, 3.05) is 0 Å². The van der Waals surface area contributed by atoms with Crippen LogP contribution >= 0.6 is 0 Å². The molecule has 0 radical (unpaired) electrons. The molecule has 1 saturated carbocycles. The fraction of sp³-hybridized carbons (Fsp3) is 0.857. The lowest BCUT2D eigenvalue weighted by Crippen LogP contribution is -2.60. The minimum Gasteiger partial charge on any atom is -0.374 e. The maximum atomic E-state index is 12.3. The van der Waals surface area contributed by atoms with Crippen LogP contribution in [0.1, 0.15) is 47.0 Å². The molecule has 3 heteroatoms. The lowest BCUT2D eigenvalue weighted by Gasteiger charge is -2.53. The summed E-state index contributed by atoms with van der Waals surface area (Å²) in [5, 5.41) is 0. The Morgan fingerprint density at radius 1 is 1.41 bits per heavy atom. The Morgan fingerprint density at radius 2 is 2.06 bits per heavy atom. The van der Waals surface area contributed by atoms with Gasteiger partial charge in [-0.05, 0) is 19.8 Å². The highest BCUT2D eigenvalue weighted by Gasteiger charge is 2.59. The average molecular weight is 235 g/mol. The normalized spacial score (nSPS) is 44.9. The van der Waals surface area contributed by atoms with Crippen LogP contribution < -0.4 is 0 Å². The minimum atomic E-state index is -0.531. The number of nitrogens with zero attached hydrogens (tertiary/aromatic N) is 1. The Morgan fingerprint density at radius 3 is 2.65 bits per heavy atom. The number of hydrogen-bond donors (Lipinski definition) is 0. The lowest BCUT2D eigenvalue weighted by atomic mass is 9.57. The Balaban J connectivity index is 2.38. The largest absolute Gasteiger partial charge is 0.374 e. The highest BCUT2D eigenvalue weighted by Crippen LogP contribution is 2.52. The first-order chi connectivity index (χ1) is 7.81. The van der Waals surface area contributed by atoms with Crippen LogP contribution in [0.3, 0.4) is 0 Å². The van der Waals surface area contributed by atoms with Gasteiger partial charge in [-0.3, -0.25) is 4.79 Å². The first-order valence-corrected chi connectivity index (χ1v) is 6.37. The van der Waals surface area contributed by atoms with Crippen molar-refractivity contribution >= 4 is 5.78 Å². The van der Waals surface area contributed by atoms with E-state index in [4.69, 9.17) is 11.3 Å². The van der Waals surface area contributed by atoms with E-state index in [9.17, 15) is 4.79 Å². The number of Topliss-reactive ketones (excluding diaryl/α,β-unsaturated/α-hetero) is 1. The number of ketones is 1. The number of carbonyl (C=O) groups excluding carboxylic acids is 1. The van der Waals surface area contributed by atoms with E-state index in [2.05, 4.69) is 18.7 Å². The fourth-order valence-corrected chi connectivity index (χ4v) is 3.58. The summed E-state index contributed by atoms with van der Waals surface area (Å²) in [6, 6.07) is -0.469. The van der Waals surface area contributed by atoms with Gasteiger partial charge in [-0.1, -0.05) is 20.8 Å². The summed E-state index contributed by atoms with van der Waals surface area (Å²) in [5.41, 5.74) is -0.546. The van der Waals surface area contributed by atoms with E-state index in [-0.39, 0.29) is 23.4 Å². The number of fused-ring (bicyclic) bond motifs is 1. The van der Waals surface area contributed by atoms with Crippen LogP contribution in [0.25, 0.3) is 4.85 Å². The van der Waals surface area contributed by atoms with E-state index in [1.807, 2.05) is 13.8 Å². The van der Waals surface area contributed by atoms with Gasteiger partial charge >= 0.3 is 0 Å². The van der Waals surface area contributed by atoms with E-state index < -0.39 is 11.5 Å². The van der Waals surface area contributed by atoms with Crippen LogP contribution in [0.15, 0.2) is 0 Å². The number of carbonyl (C=O) groups is 1. The van der Waals surface area contributed by atoms with E-state index >= 15 is 0 Å². The summed E-state index contributed by atoms with van der Waals surface area (Å²) < 4.78 is 6.05. The van der Waals surface area contributed by atoms with Crippen molar-refractivity contribution in [3.05, 3.63) is 11.4 Å². The number of ether oxygens (including phenoxy) is 1. The monoisotopic (exact) mass is 235 g/mol. The maximum Gasteiger partial charge on any atom is 0.282 e. The first-order valence-electron chi connectivity index (χ1n) is 6.37. The van der Waals surface area contributed by atoms with Crippen molar-refractivity contribution in [1.82, 2.24) is 0 Å². The van der Waals surface area contributed by atoms with Gasteiger partial charge in [0, 0.05) is 11.8 Å². The highest BCUT2D eigenvalue weighted by atomic mass is 16.5. The molecule has 1 heterocycles. The second-order valence-electron chi connectivity index (χ2n) is 6.45. The molecule has 0 aromatic rings. The molecule has 0 aromatic carbocycles. The van der Waals surface area contributed by atoms with Gasteiger partial charge in [0.1, 0.15) is 0 Å². The Kier molecular flexibility index (Phi) is 2.82. The van der Waals surface area contributed by atoms with Gasteiger partial charge in [-0.25, -0.2) is 6.57 Å². The van der Waals surface area contributed by atoms with Gasteiger partial charge in [0.25, 0.3) is 6.04 Å². The molecule has 1 unspecified atom stereocenters. The van der Waals surface area contributed by atoms with Crippen LogP contribution in [0, 0.1) is 17.4 Å². The van der Waals surface area contributed by atoms with Crippen molar-refractivity contribution in [1.29, 1.82) is 0 Å². The van der Waals surface area contributed by atoms with E-state index in [1.54, 1.807) is 0 Å². The predicted octanol–water partition coefficient (Wildman–Crippen LogP) is 2.85. The Hall–Kier alpha value is -0.880. The molecule has 0 spiro atoms. The molecular weight excluding hydrogens is 214 g/mol. The molecule has 2 rings (SSSR count). The summed E-state index contributed by atoms with van der Waals surface area (Å²) in [5.74, 6) is 0.0593. The molecule has 4 atom stereocenters. The van der Waals surface area contributed by atoms with Gasteiger partial charge in [-0.2, -0.15) is 0 Å². The predicted molar refractivity (Wildman–Crippen MR) is 65.5 cm³/mol. The van der Waals surface area contributed by atoms with E-state index in [1.165, 1.54) is 0 Å². The van der Waals surface area contributed by atoms with Gasteiger partial charge < -0.3 is 9.58 Å². The summed E-state index contributed by atoms with van der Waals surface area (Å²) >= 11 is 0. The van der Waals surface area contributed by atoms with Crippen LogP contribution in [0.4, 0.5) is 0 Å². The first kappa shape index (κ1) is 12.6. The quantitative estimate of drug-likeness (QED) is 0.604. The third kappa shape index (κ3) is 1.79. The van der Waals surface area contributed by atoms with E-state index in [0.29, 0.717) is 6.42 Å². The molecule has 0 N–H and O–H groups in total. The molecule has 1 saturated heterocycles. The third-order valence-corrected chi connectivity index (χ3v) is 4.53. The smallest absolute Gasteiger partial charge is 0.282 e. The molecule has 2 fully saturated rings. The summed E-state index contributed by atoms with van der Waals surface area (Å²) in [7, 11) is 0. The molecule has 1 aliphatic heterocycles. The van der Waals surface area contributed by atoms with Crippen molar-refractivity contribution < 1.29 is 9.53 Å². The summed E-state index contributed by atoms with van der Waals surface area (Å²) in [6.45, 7) is 15.3. The second kappa shape index (κ2) is 3.81. The molecule has 3 nitrogen and oxygen atoms in total. The van der Waals surface area contributed by atoms with E-state index in [0.717, 1.165) is 12.8 Å². The minimum absolute atomic E-state index is 0.0147. The number of rotatable bonds is 0. The number of hydrogen-bond acceptors (Lipinski definition) is 2. The van der Waals surface area contributed by atoms with Gasteiger partial charge in [0.15, 0.2) is 0 Å². The topological polar surface area (TPSA) is 30.7 Å². The van der Waals surface area contributed by atoms with Crippen molar-refractivity contribution in [3.63, 3.8) is 0 Å². The molecule has 94 valence electrons. The zero-order valence-electron chi connectivity index (χ0n) is 11.1. The average Bonchev–Trinajstić information content (AvgIpc) is 2.27. The molecule has 2 aliphatic rings. The van der Waals surface area contributed by atoms with Crippen LogP contribution in [0.2, 0.25) is 0 Å². The van der Waals surface area contributed by atoms with Gasteiger partial charge in [0.2, 0.25) is 5.78 Å². The standard InChI is InChI=1S/C14H21NO2/c1-9-6-7-14(4)8-10(15-5)11(16)13(2,3)12(14)17-9/h9-10,12H,6-8H2,1-4H3/t9-,10?,12+,14+/m1/s1.